The molecule has 19 heavy (non-hydrogen) atoms. The van der Waals surface area contributed by atoms with Gasteiger partial charge in [-0.25, -0.2) is 9.18 Å². The van der Waals surface area contributed by atoms with Crippen molar-refractivity contribution in [3.05, 3.63) is 29.3 Å². The minimum absolute atomic E-state index is 0.0118. The van der Waals surface area contributed by atoms with Crippen LogP contribution in [0.4, 0.5) is 8.78 Å². The van der Waals surface area contributed by atoms with Gasteiger partial charge in [-0.3, -0.25) is 0 Å². The van der Waals surface area contributed by atoms with Crippen LogP contribution in [0.25, 0.3) is 0 Å². The van der Waals surface area contributed by atoms with Gasteiger partial charge in [-0.2, -0.15) is 4.39 Å². The number of ether oxygens (including phenoxy) is 2. The van der Waals surface area contributed by atoms with Gasteiger partial charge >= 0.3 is 5.97 Å². The SMILES string of the molecule is CCOC(=O)C(O)C(O)c1ccc(OC)c(F)c1F. The molecule has 1 rings (SSSR count). The molecular weight excluding hydrogens is 262 g/mol. The number of benzene rings is 1. The highest BCUT2D eigenvalue weighted by molar-refractivity contribution is 5.75. The molecule has 0 heterocycles. The van der Waals surface area contributed by atoms with E-state index in [1.165, 1.54) is 6.92 Å². The van der Waals surface area contributed by atoms with Crippen molar-refractivity contribution in [2.24, 2.45) is 0 Å². The van der Waals surface area contributed by atoms with Crippen LogP contribution in [-0.4, -0.2) is 36.0 Å². The Morgan fingerprint density at radius 2 is 1.95 bits per heavy atom. The van der Waals surface area contributed by atoms with E-state index in [1.54, 1.807) is 0 Å². The van der Waals surface area contributed by atoms with E-state index < -0.39 is 35.4 Å². The fraction of sp³-hybridized carbons (Fsp3) is 0.417. The van der Waals surface area contributed by atoms with Crippen LogP contribution in [0.2, 0.25) is 0 Å². The van der Waals surface area contributed by atoms with Crippen LogP contribution in [-0.2, 0) is 9.53 Å². The van der Waals surface area contributed by atoms with Crippen molar-refractivity contribution in [1.82, 2.24) is 0 Å². The first kappa shape index (κ1) is 15.3. The highest BCUT2D eigenvalue weighted by atomic mass is 19.2. The van der Waals surface area contributed by atoms with Gasteiger partial charge in [0.1, 0.15) is 6.10 Å². The number of hydrogen-bond acceptors (Lipinski definition) is 5. The summed E-state index contributed by atoms with van der Waals surface area (Å²) in [7, 11) is 1.15. The van der Waals surface area contributed by atoms with Crippen molar-refractivity contribution in [2.45, 2.75) is 19.1 Å². The summed E-state index contributed by atoms with van der Waals surface area (Å²) in [5, 5.41) is 19.1. The molecule has 0 aliphatic rings. The van der Waals surface area contributed by atoms with Crippen molar-refractivity contribution in [3.63, 3.8) is 0 Å². The largest absolute Gasteiger partial charge is 0.494 e. The molecule has 106 valence electrons. The van der Waals surface area contributed by atoms with Gasteiger partial charge in [0.25, 0.3) is 0 Å². The maximum Gasteiger partial charge on any atom is 0.338 e. The first-order valence-electron chi connectivity index (χ1n) is 5.48. The van der Waals surface area contributed by atoms with Gasteiger partial charge in [0.15, 0.2) is 17.7 Å². The van der Waals surface area contributed by atoms with E-state index in [2.05, 4.69) is 9.47 Å². The average molecular weight is 276 g/mol. The predicted octanol–water partition coefficient (Wildman–Crippen LogP) is 0.931. The van der Waals surface area contributed by atoms with Crippen molar-refractivity contribution in [3.8, 4) is 5.75 Å². The Morgan fingerprint density at radius 1 is 1.32 bits per heavy atom. The van der Waals surface area contributed by atoms with Gasteiger partial charge in [0.2, 0.25) is 5.82 Å². The molecule has 1 aromatic rings. The zero-order valence-corrected chi connectivity index (χ0v) is 10.4. The lowest BCUT2D eigenvalue weighted by Gasteiger charge is -2.18. The van der Waals surface area contributed by atoms with Crippen molar-refractivity contribution >= 4 is 5.97 Å². The average Bonchev–Trinajstić information content (AvgIpc) is 2.40. The van der Waals surface area contributed by atoms with Crippen molar-refractivity contribution < 1.29 is 33.3 Å². The second kappa shape index (κ2) is 6.44. The van der Waals surface area contributed by atoms with Crippen LogP contribution >= 0.6 is 0 Å². The van der Waals surface area contributed by atoms with Crippen molar-refractivity contribution in [1.29, 1.82) is 0 Å². The fourth-order valence-electron chi connectivity index (χ4n) is 1.46. The summed E-state index contributed by atoms with van der Waals surface area (Å²) in [5.74, 6) is -4.17. The van der Waals surface area contributed by atoms with E-state index in [0.717, 1.165) is 19.2 Å². The zero-order chi connectivity index (χ0) is 14.6. The number of aliphatic hydroxyl groups is 2. The van der Waals surface area contributed by atoms with Gasteiger partial charge in [0.05, 0.1) is 13.7 Å². The second-order valence-corrected chi connectivity index (χ2v) is 3.63. The summed E-state index contributed by atoms with van der Waals surface area (Å²) in [5.41, 5.74) is -0.557. The van der Waals surface area contributed by atoms with E-state index in [-0.39, 0.29) is 12.4 Å². The number of carbonyl (C=O) groups is 1. The van der Waals surface area contributed by atoms with E-state index >= 15 is 0 Å². The molecule has 0 aromatic heterocycles. The fourth-order valence-corrected chi connectivity index (χ4v) is 1.46. The Kier molecular flexibility index (Phi) is 5.20. The molecule has 2 atom stereocenters. The quantitative estimate of drug-likeness (QED) is 0.782. The summed E-state index contributed by atoms with van der Waals surface area (Å²) < 4.78 is 36.1. The molecule has 0 radical (unpaired) electrons. The summed E-state index contributed by atoms with van der Waals surface area (Å²) in [6.45, 7) is 1.49. The number of hydrogen-bond donors (Lipinski definition) is 2. The lowest BCUT2D eigenvalue weighted by molar-refractivity contribution is -0.159. The number of aliphatic hydroxyl groups excluding tert-OH is 2. The first-order valence-corrected chi connectivity index (χ1v) is 5.48. The Bertz CT molecular complexity index is 464. The molecule has 0 fully saturated rings. The van der Waals surface area contributed by atoms with E-state index in [9.17, 15) is 23.8 Å². The summed E-state index contributed by atoms with van der Waals surface area (Å²) in [6.07, 6.45) is -3.93. The van der Waals surface area contributed by atoms with E-state index in [4.69, 9.17) is 0 Å². The molecular formula is C12H14F2O5. The van der Waals surface area contributed by atoms with E-state index in [0.29, 0.717) is 0 Å². The zero-order valence-electron chi connectivity index (χ0n) is 10.4. The van der Waals surface area contributed by atoms with Crippen LogP contribution in [0.15, 0.2) is 12.1 Å². The molecule has 0 bridgehead atoms. The van der Waals surface area contributed by atoms with Crippen LogP contribution in [0.5, 0.6) is 5.75 Å². The van der Waals surface area contributed by atoms with Crippen LogP contribution < -0.4 is 4.74 Å². The topological polar surface area (TPSA) is 76.0 Å². The standard InChI is InChI=1S/C12H14F2O5/c1-3-19-12(17)11(16)10(15)6-4-5-7(18-2)9(14)8(6)13/h4-5,10-11,15-16H,3H2,1-2H3. The smallest absolute Gasteiger partial charge is 0.338 e. The van der Waals surface area contributed by atoms with Gasteiger partial charge in [-0.15, -0.1) is 0 Å². The number of carbonyl (C=O) groups excluding carboxylic acids is 1. The number of methoxy groups -OCH3 is 1. The maximum absolute atomic E-state index is 13.6. The van der Waals surface area contributed by atoms with Gasteiger partial charge in [0, 0.05) is 5.56 Å². The summed E-state index contributed by atoms with van der Waals surface area (Å²) in [6, 6.07) is 2.10. The molecule has 0 saturated heterocycles. The van der Waals surface area contributed by atoms with Crippen LogP contribution in [0, 0.1) is 11.6 Å². The van der Waals surface area contributed by atoms with Crippen LogP contribution in [0.1, 0.15) is 18.6 Å². The monoisotopic (exact) mass is 276 g/mol. The molecule has 0 saturated carbocycles. The Hall–Kier alpha value is -1.73. The molecule has 0 aliphatic carbocycles. The van der Waals surface area contributed by atoms with Gasteiger partial charge < -0.3 is 19.7 Å². The highest BCUT2D eigenvalue weighted by Gasteiger charge is 2.30. The van der Waals surface area contributed by atoms with Gasteiger partial charge in [-0.05, 0) is 19.1 Å². The summed E-state index contributed by atoms with van der Waals surface area (Å²) >= 11 is 0. The molecule has 2 N–H and O–H groups in total. The molecule has 0 spiro atoms. The first-order chi connectivity index (χ1) is 8.93. The normalized spacial score (nSPS) is 13.8. The van der Waals surface area contributed by atoms with Crippen LogP contribution in [0.3, 0.4) is 0 Å². The predicted molar refractivity (Wildman–Crippen MR) is 60.5 cm³/mol. The lowest BCUT2D eigenvalue weighted by atomic mass is 10.0. The number of esters is 1. The third-order valence-corrected chi connectivity index (χ3v) is 2.44. The number of rotatable bonds is 5. The van der Waals surface area contributed by atoms with E-state index in [1.807, 2.05) is 0 Å². The van der Waals surface area contributed by atoms with Crippen molar-refractivity contribution in [2.75, 3.05) is 13.7 Å². The Balaban J connectivity index is 3.03. The Morgan fingerprint density at radius 3 is 2.47 bits per heavy atom. The third kappa shape index (κ3) is 3.18. The van der Waals surface area contributed by atoms with Gasteiger partial charge in [-0.1, -0.05) is 0 Å². The summed E-state index contributed by atoms with van der Waals surface area (Å²) in [4.78, 5) is 11.2. The third-order valence-electron chi connectivity index (χ3n) is 2.44. The Labute approximate surface area is 108 Å². The molecule has 0 amide bonds. The highest BCUT2D eigenvalue weighted by Crippen LogP contribution is 2.28. The minimum Gasteiger partial charge on any atom is -0.494 e. The number of halogens is 2. The molecule has 7 heteroatoms. The lowest BCUT2D eigenvalue weighted by Crippen LogP contribution is -2.30. The molecule has 0 aliphatic heterocycles. The second-order valence-electron chi connectivity index (χ2n) is 3.63. The molecule has 5 nitrogen and oxygen atoms in total. The minimum atomic E-state index is -2.00. The maximum atomic E-state index is 13.6. The molecule has 1 aromatic carbocycles. The molecule has 2 unspecified atom stereocenters.